The van der Waals surface area contributed by atoms with Crippen LogP contribution in [0.1, 0.15) is 19.3 Å². The molecule has 7 heteroatoms. The number of methoxy groups -OCH3 is 1. The van der Waals surface area contributed by atoms with Crippen LogP contribution in [-0.2, 0) is 0 Å². The summed E-state index contributed by atoms with van der Waals surface area (Å²) in [5.41, 5.74) is 0.611. The molecule has 0 saturated carbocycles. The largest absolute Gasteiger partial charge is 0.495 e. The van der Waals surface area contributed by atoms with Crippen molar-refractivity contribution >= 4 is 23.3 Å². The predicted octanol–water partition coefficient (Wildman–Crippen LogP) is 2.32. The van der Waals surface area contributed by atoms with E-state index in [0.717, 1.165) is 32.4 Å². The van der Waals surface area contributed by atoms with Crippen LogP contribution in [0.5, 0.6) is 5.75 Å². The van der Waals surface area contributed by atoms with Crippen LogP contribution in [0, 0.1) is 0 Å². The number of carbonyl (C=O) groups is 1. The van der Waals surface area contributed by atoms with Crippen molar-refractivity contribution in [2.75, 3.05) is 38.7 Å². The fraction of sp³-hybridized carbons (Fsp3) is 0.562. The molecule has 1 aromatic carbocycles. The maximum atomic E-state index is 11.9. The van der Waals surface area contributed by atoms with Gasteiger partial charge in [0.2, 0.25) is 0 Å². The number of hydrogen-bond acceptors (Lipinski definition) is 4. The minimum Gasteiger partial charge on any atom is -0.495 e. The van der Waals surface area contributed by atoms with Gasteiger partial charge in [0, 0.05) is 24.8 Å². The maximum absolute atomic E-state index is 11.9. The minimum absolute atomic E-state index is 0.177. The van der Waals surface area contributed by atoms with Gasteiger partial charge in [0.05, 0.1) is 18.7 Å². The Morgan fingerprint density at radius 2 is 2.30 bits per heavy atom. The van der Waals surface area contributed by atoms with Crippen LogP contribution in [0.15, 0.2) is 18.2 Å². The summed E-state index contributed by atoms with van der Waals surface area (Å²) in [4.78, 5) is 14.1. The molecule has 1 fully saturated rings. The standard InChI is InChI=1S/C16H24ClN3O3/c1-23-15-6-5-12(10-14(15)17)19-16(22)18-7-9-20-8-3-2-4-13(20)11-21/h5-6,10,13,21H,2-4,7-9,11H2,1H3,(H2,18,19,22)/t13-/m0/s1. The van der Waals surface area contributed by atoms with Crippen molar-refractivity contribution in [1.82, 2.24) is 10.2 Å². The third-order valence-corrected chi connectivity index (χ3v) is 4.35. The highest BCUT2D eigenvalue weighted by Crippen LogP contribution is 2.27. The fourth-order valence-corrected chi connectivity index (χ4v) is 3.05. The Bertz CT molecular complexity index is 527. The van der Waals surface area contributed by atoms with E-state index < -0.39 is 0 Å². The van der Waals surface area contributed by atoms with Gasteiger partial charge in [-0.25, -0.2) is 4.79 Å². The normalized spacial score (nSPS) is 18.5. The highest BCUT2D eigenvalue weighted by Gasteiger charge is 2.20. The maximum Gasteiger partial charge on any atom is 0.319 e. The number of nitrogens with zero attached hydrogens (tertiary/aromatic N) is 1. The number of hydrogen-bond donors (Lipinski definition) is 3. The lowest BCUT2D eigenvalue weighted by Crippen LogP contribution is -2.46. The lowest BCUT2D eigenvalue weighted by molar-refractivity contribution is 0.0917. The lowest BCUT2D eigenvalue weighted by atomic mass is 10.0. The molecule has 1 aromatic rings. The molecule has 0 unspecified atom stereocenters. The van der Waals surface area contributed by atoms with Gasteiger partial charge >= 0.3 is 6.03 Å². The zero-order chi connectivity index (χ0) is 16.7. The summed E-state index contributed by atoms with van der Waals surface area (Å²) in [6, 6.07) is 5.03. The molecule has 6 nitrogen and oxygen atoms in total. The molecule has 2 rings (SSSR count). The average Bonchev–Trinajstić information content (AvgIpc) is 2.55. The summed E-state index contributed by atoms with van der Waals surface area (Å²) in [5, 5.41) is 15.4. The SMILES string of the molecule is COc1ccc(NC(=O)NCCN2CCCC[C@H]2CO)cc1Cl. The van der Waals surface area contributed by atoms with Gasteiger partial charge in [-0.05, 0) is 37.6 Å². The molecule has 128 valence electrons. The van der Waals surface area contributed by atoms with Crippen LogP contribution in [0.3, 0.4) is 0 Å². The number of anilines is 1. The fourth-order valence-electron chi connectivity index (χ4n) is 2.79. The molecule has 1 saturated heterocycles. The van der Waals surface area contributed by atoms with E-state index in [1.807, 2.05) is 0 Å². The third-order valence-electron chi connectivity index (χ3n) is 4.05. The monoisotopic (exact) mass is 341 g/mol. The number of carbonyl (C=O) groups excluding carboxylic acids is 1. The molecule has 3 N–H and O–H groups in total. The number of nitrogens with one attached hydrogen (secondary N) is 2. The predicted molar refractivity (Wildman–Crippen MR) is 91.3 cm³/mol. The van der Waals surface area contributed by atoms with Crippen LogP contribution in [0.2, 0.25) is 5.02 Å². The van der Waals surface area contributed by atoms with Crippen molar-refractivity contribution < 1.29 is 14.6 Å². The van der Waals surface area contributed by atoms with Gasteiger partial charge < -0.3 is 20.5 Å². The Hall–Kier alpha value is -1.50. The molecule has 0 bridgehead atoms. The van der Waals surface area contributed by atoms with Crippen molar-refractivity contribution in [3.05, 3.63) is 23.2 Å². The highest BCUT2D eigenvalue weighted by atomic mass is 35.5. The number of piperidine rings is 1. The van der Waals surface area contributed by atoms with Gasteiger partial charge in [0.15, 0.2) is 0 Å². The van der Waals surface area contributed by atoms with Gasteiger partial charge in [-0.3, -0.25) is 4.90 Å². The summed E-state index contributed by atoms with van der Waals surface area (Å²) in [7, 11) is 1.54. The highest BCUT2D eigenvalue weighted by molar-refractivity contribution is 6.32. The topological polar surface area (TPSA) is 73.8 Å². The molecule has 1 aliphatic rings. The molecule has 1 atom stereocenters. The molecule has 0 radical (unpaired) electrons. The van der Waals surface area contributed by atoms with Gasteiger partial charge in [0.1, 0.15) is 5.75 Å². The second kappa shape index (κ2) is 8.96. The summed E-state index contributed by atoms with van der Waals surface area (Å²) < 4.78 is 5.07. The summed E-state index contributed by atoms with van der Waals surface area (Å²) >= 11 is 6.02. The molecule has 0 aliphatic carbocycles. The summed E-state index contributed by atoms with van der Waals surface area (Å²) in [6.45, 7) is 2.42. The van der Waals surface area contributed by atoms with E-state index in [4.69, 9.17) is 16.3 Å². The number of ether oxygens (including phenoxy) is 1. The van der Waals surface area contributed by atoms with Gasteiger partial charge in [0.25, 0.3) is 0 Å². The Labute approximate surface area is 141 Å². The van der Waals surface area contributed by atoms with Crippen LogP contribution >= 0.6 is 11.6 Å². The first-order valence-corrected chi connectivity index (χ1v) is 8.25. The first kappa shape index (κ1) is 17.8. The Balaban J connectivity index is 1.75. The van der Waals surface area contributed by atoms with Gasteiger partial charge in [-0.1, -0.05) is 18.0 Å². The molecule has 0 aromatic heterocycles. The number of halogens is 1. The van der Waals surface area contributed by atoms with E-state index in [1.54, 1.807) is 25.3 Å². The molecule has 0 spiro atoms. The Kier molecular flexibility index (Phi) is 6.95. The van der Waals surface area contributed by atoms with Crippen LogP contribution in [0.4, 0.5) is 10.5 Å². The zero-order valence-corrected chi connectivity index (χ0v) is 14.1. The van der Waals surface area contributed by atoms with Gasteiger partial charge in [-0.2, -0.15) is 0 Å². The van der Waals surface area contributed by atoms with Crippen molar-refractivity contribution in [3.63, 3.8) is 0 Å². The van der Waals surface area contributed by atoms with E-state index in [-0.39, 0.29) is 18.7 Å². The first-order chi connectivity index (χ1) is 11.1. The molecule has 2 amide bonds. The summed E-state index contributed by atoms with van der Waals surface area (Å²) in [6.07, 6.45) is 3.33. The quantitative estimate of drug-likeness (QED) is 0.742. The average molecular weight is 342 g/mol. The lowest BCUT2D eigenvalue weighted by Gasteiger charge is -2.34. The molecule has 1 heterocycles. The number of aliphatic hydroxyl groups excluding tert-OH is 1. The summed E-state index contributed by atoms with van der Waals surface area (Å²) in [5.74, 6) is 0.567. The number of benzene rings is 1. The van der Waals surface area contributed by atoms with Crippen molar-refractivity contribution in [2.24, 2.45) is 0 Å². The molecule has 1 aliphatic heterocycles. The van der Waals surface area contributed by atoms with E-state index >= 15 is 0 Å². The number of amides is 2. The number of likely N-dealkylation sites (tertiary alicyclic amines) is 1. The zero-order valence-electron chi connectivity index (χ0n) is 13.3. The van der Waals surface area contributed by atoms with Gasteiger partial charge in [-0.15, -0.1) is 0 Å². The van der Waals surface area contributed by atoms with E-state index in [9.17, 15) is 9.90 Å². The Morgan fingerprint density at radius 3 is 3.00 bits per heavy atom. The smallest absolute Gasteiger partial charge is 0.319 e. The van der Waals surface area contributed by atoms with Crippen molar-refractivity contribution in [3.8, 4) is 5.75 Å². The third kappa shape index (κ3) is 5.27. The van der Waals surface area contributed by atoms with E-state index in [1.165, 1.54) is 0 Å². The second-order valence-electron chi connectivity index (χ2n) is 5.60. The molecular formula is C16H24ClN3O3. The Morgan fingerprint density at radius 1 is 1.48 bits per heavy atom. The van der Waals surface area contributed by atoms with Crippen LogP contribution in [0.25, 0.3) is 0 Å². The van der Waals surface area contributed by atoms with Crippen molar-refractivity contribution in [2.45, 2.75) is 25.3 Å². The molecule has 23 heavy (non-hydrogen) atoms. The van der Waals surface area contributed by atoms with E-state index in [0.29, 0.717) is 23.0 Å². The first-order valence-electron chi connectivity index (χ1n) is 7.87. The number of urea groups is 1. The molecular weight excluding hydrogens is 318 g/mol. The minimum atomic E-state index is -0.274. The number of aliphatic hydroxyl groups is 1. The van der Waals surface area contributed by atoms with Crippen molar-refractivity contribution in [1.29, 1.82) is 0 Å². The number of rotatable bonds is 6. The van der Waals surface area contributed by atoms with E-state index in [2.05, 4.69) is 15.5 Å². The van der Waals surface area contributed by atoms with Crippen LogP contribution in [-0.4, -0.2) is 55.4 Å². The second-order valence-corrected chi connectivity index (χ2v) is 6.01. The van der Waals surface area contributed by atoms with Crippen LogP contribution < -0.4 is 15.4 Å².